The van der Waals surface area contributed by atoms with E-state index in [1.807, 2.05) is 6.07 Å². The van der Waals surface area contributed by atoms with Crippen LogP contribution in [0, 0.1) is 11.8 Å². The summed E-state index contributed by atoms with van der Waals surface area (Å²) >= 11 is 1.51. The predicted molar refractivity (Wildman–Crippen MR) is 87.9 cm³/mol. The van der Waals surface area contributed by atoms with E-state index in [0.717, 1.165) is 32.1 Å². The van der Waals surface area contributed by atoms with Crippen molar-refractivity contribution in [3.05, 3.63) is 21.4 Å². The first kappa shape index (κ1) is 16.5. The van der Waals surface area contributed by atoms with Crippen LogP contribution < -0.4 is 5.32 Å². The lowest BCUT2D eigenvalue weighted by molar-refractivity contribution is -0.142. The van der Waals surface area contributed by atoms with Crippen LogP contribution in [0.2, 0.25) is 0 Å². The molecule has 1 saturated heterocycles. The number of fused-ring (bicyclic) bond motifs is 1. The Balaban J connectivity index is 1.70. The molecule has 1 fully saturated rings. The van der Waals surface area contributed by atoms with Crippen LogP contribution in [0.15, 0.2) is 6.07 Å². The second-order valence-corrected chi connectivity index (χ2v) is 7.81. The van der Waals surface area contributed by atoms with Crippen LogP contribution in [-0.4, -0.2) is 36.2 Å². The number of hydrogen-bond donors (Lipinski definition) is 2. The maximum atomic E-state index is 12.5. The Morgan fingerprint density at radius 1 is 1.43 bits per heavy atom. The minimum absolute atomic E-state index is 0.153. The fourth-order valence-electron chi connectivity index (χ4n) is 3.44. The standard InChI is InChI=1S/C17H23NO4S/c1-10-4-5-13-12(7-10)8-14(23-13)16(19)18-15(17(20)21)11-3-2-6-22-9-11/h8,10-11,15H,2-7,9H2,1H3,(H,18,19)(H,20,21). The van der Waals surface area contributed by atoms with Crippen molar-refractivity contribution < 1.29 is 19.4 Å². The molecule has 6 heteroatoms. The zero-order valence-electron chi connectivity index (χ0n) is 13.3. The van der Waals surface area contributed by atoms with Crippen LogP contribution in [0.5, 0.6) is 0 Å². The molecule has 1 aliphatic heterocycles. The molecule has 126 valence electrons. The molecule has 5 nitrogen and oxygen atoms in total. The summed E-state index contributed by atoms with van der Waals surface area (Å²) < 4.78 is 5.37. The van der Waals surface area contributed by atoms with Gasteiger partial charge in [-0.3, -0.25) is 4.79 Å². The number of carboxylic acid groups (broad SMARTS) is 1. The van der Waals surface area contributed by atoms with E-state index in [2.05, 4.69) is 12.2 Å². The molecule has 0 bridgehead atoms. The van der Waals surface area contributed by atoms with Crippen molar-refractivity contribution >= 4 is 23.2 Å². The summed E-state index contributed by atoms with van der Waals surface area (Å²) in [6, 6.07) is 1.07. The molecule has 2 aliphatic rings. The van der Waals surface area contributed by atoms with Crippen molar-refractivity contribution in [2.24, 2.45) is 11.8 Å². The predicted octanol–water partition coefficient (Wildman–Crippen LogP) is 2.48. The fraction of sp³-hybridized carbons (Fsp3) is 0.647. The number of ether oxygens (including phenoxy) is 1. The molecule has 3 atom stereocenters. The second kappa shape index (κ2) is 7.01. The molecule has 0 aromatic carbocycles. The van der Waals surface area contributed by atoms with E-state index in [1.165, 1.54) is 21.8 Å². The molecular formula is C17H23NO4S. The molecule has 2 heterocycles. The van der Waals surface area contributed by atoms with Crippen molar-refractivity contribution in [2.45, 2.75) is 45.1 Å². The van der Waals surface area contributed by atoms with E-state index < -0.39 is 12.0 Å². The Morgan fingerprint density at radius 2 is 2.26 bits per heavy atom. The molecule has 0 spiro atoms. The maximum Gasteiger partial charge on any atom is 0.326 e. The van der Waals surface area contributed by atoms with Gasteiger partial charge in [0.2, 0.25) is 0 Å². The van der Waals surface area contributed by atoms with Gasteiger partial charge in [0.05, 0.1) is 11.5 Å². The number of hydrogen-bond acceptors (Lipinski definition) is 4. The molecule has 3 unspecified atom stereocenters. The number of carbonyl (C=O) groups excluding carboxylic acids is 1. The highest BCUT2D eigenvalue weighted by Gasteiger charge is 2.32. The Labute approximate surface area is 140 Å². The van der Waals surface area contributed by atoms with Crippen LogP contribution in [0.25, 0.3) is 0 Å². The Morgan fingerprint density at radius 3 is 2.96 bits per heavy atom. The average Bonchev–Trinajstić information content (AvgIpc) is 2.96. The van der Waals surface area contributed by atoms with Gasteiger partial charge < -0.3 is 15.2 Å². The van der Waals surface area contributed by atoms with Gasteiger partial charge in [0.1, 0.15) is 6.04 Å². The highest BCUT2D eigenvalue weighted by Crippen LogP contribution is 2.32. The van der Waals surface area contributed by atoms with E-state index >= 15 is 0 Å². The lowest BCUT2D eigenvalue weighted by Gasteiger charge is -2.27. The fourth-order valence-corrected chi connectivity index (χ4v) is 4.55. The number of thiophene rings is 1. The Hall–Kier alpha value is -1.40. The summed E-state index contributed by atoms with van der Waals surface area (Å²) in [4.78, 5) is 25.9. The number of aliphatic carboxylic acids is 1. The first-order valence-electron chi connectivity index (χ1n) is 8.27. The summed E-state index contributed by atoms with van der Waals surface area (Å²) in [5, 5.41) is 12.2. The molecule has 23 heavy (non-hydrogen) atoms. The van der Waals surface area contributed by atoms with E-state index in [4.69, 9.17) is 4.74 Å². The largest absolute Gasteiger partial charge is 0.480 e. The summed E-state index contributed by atoms with van der Waals surface area (Å²) in [5.41, 5.74) is 1.26. The van der Waals surface area contributed by atoms with E-state index in [0.29, 0.717) is 24.0 Å². The van der Waals surface area contributed by atoms with E-state index in [1.54, 1.807) is 0 Å². The van der Waals surface area contributed by atoms with E-state index in [-0.39, 0.29) is 11.8 Å². The number of amides is 1. The zero-order valence-corrected chi connectivity index (χ0v) is 14.2. The highest BCUT2D eigenvalue weighted by molar-refractivity contribution is 7.14. The van der Waals surface area contributed by atoms with Crippen LogP contribution >= 0.6 is 11.3 Å². The third-order valence-corrected chi connectivity index (χ3v) is 6.01. The topological polar surface area (TPSA) is 75.6 Å². The van der Waals surface area contributed by atoms with Crippen molar-refractivity contribution in [2.75, 3.05) is 13.2 Å². The minimum atomic E-state index is -0.983. The van der Waals surface area contributed by atoms with Gasteiger partial charge in [-0.1, -0.05) is 6.92 Å². The van der Waals surface area contributed by atoms with Crippen molar-refractivity contribution in [1.29, 1.82) is 0 Å². The van der Waals surface area contributed by atoms with Gasteiger partial charge in [-0.05, 0) is 49.7 Å². The molecule has 1 amide bonds. The molecule has 2 N–H and O–H groups in total. The quantitative estimate of drug-likeness (QED) is 0.885. The number of carbonyl (C=O) groups is 2. The lowest BCUT2D eigenvalue weighted by atomic mass is 9.90. The Kier molecular flexibility index (Phi) is 5.02. The van der Waals surface area contributed by atoms with Gasteiger partial charge in [-0.15, -0.1) is 11.3 Å². The molecule has 1 aliphatic carbocycles. The monoisotopic (exact) mass is 337 g/mol. The van der Waals surface area contributed by atoms with Gasteiger partial charge in [0, 0.05) is 17.4 Å². The second-order valence-electron chi connectivity index (χ2n) is 6.67. The smallest absolute Gasteiger partial charge is 0.326 e. The third kappa shape index (κ3) is 3.75. The van der Waals surface area contributed by atoms with Crippen LogP contribution in [0.1, 0.15) is 46.3 Å². The van der Waals surface area contributed by atoms with Gasteiger partial charge in [-0.2, -0.15) is 0 Å². The highest BCUT2D eigenvalue weighted by atomic mass is 32.1. The first-order valence-corrected chi connectivity index (χ1v) is 9.09. The molecule has 3 rings (SSSR count). The van der Waals surface area contributed by atoms with Crippen LogP contribution in [0.4, 0.5) is 0 Å². The van der Waals surface area contributed by atoms with Gasteiger partial charge in [-0.25, -0.2) is 4.79 Å². The molecule has 0 radical (unpaired) electrons. The van der Waals surface area contributed by atoms with Gasteiger partial charge >= 0.3 is 5.97 Å². The number of rotatable bonds is 4. The first-order chi connectivity index (χ1) is 11.0. The van der Waals surface area contributed by atoms with Crippen molar-refractivity contribution in [3.63, 3.8) is 0 Å². The average molecular weight is 337 g/mol. The summed E-state index contributed by atoms with van der Waals surface area (Å²) in [6.45, 7) is 3.30. The molecular weight excluding hydrogens is 314 g/mol. The van der Waals surface area contributed by atoms with Crippen LogP contribution in [-0.2, 0) is 22.4 Å². The number of aryl methyl sites for hydroxylation is 1. The summed E-state index contributed by atoms with van der Waals surface area (Å²) in [7, 11) is 0. The summed E-state index contributed by atoms with van der Waals surface area (Å²) in [6.07, 6.45) is 4.81. The lowest BCUT2D eigenvalue weighted by Crippen LogP contribution is -2.48. The third-order valence-electron chi connectivity index (χ3n) is 4.77. The molecule has 1 aromatic heterocycles. The normalized spacial score (nSPS) is 25.4. The number of carboxylic acids is 1. The van der Waals surface area contributed by atoms with E-state index in [9.17, 15) is 14.7 Å². The van der Waals surface area contributed by atoms with Gasteiger partial charge in [0.25, 0.3) is 5.91 Å². The Bertz CT molecular complexity index is 591. The van der Waals surface area contributed by atoms with Gasteiger partial charge in [0.15, 0.2) is 0 Å². The maximum absolute atomic E-state index is 12.5. The molecule has 1 aromatic rings. The number of nitrogens with one attached hydrogen (secondary N) is 1. The van der Waals surface area contributed by atoms with Crippen LogP contribution in [0.3, 0.4) is 0 Å². The SMILES string of the molecule is CC1CCc2sc(C(=O)NC(C(=O)O)C3CCCOC3)cc2C1. The zero-order chi connectivity index (χ0) is 16.4. The minimum Gasteiger partial charge on any atom is -0.480 e. The van der Waals surface area contributed by atoms with Crippen molar-refractivity contribution in [3.8, 4) is 0 Å². The summed E-state index contributed by atoms with van der Waals surface area (Å²) in [5.74, 6) is -0.752. The molecule has 0 saturated carbocycles. The van der Waals surface area contributed by atoms with Crippen molar-refractivity contribution in [1.82, 2.24) is 5.32 Å².